The Labute approximate surface area is 159 Å². The van der Waals surface area contributed by atoms with Crippen LogP contribution in [0.25, 0.3) is 6.08 Å². The number of rotatable bonds is 4. The average molecular weight is 378 g/mol. The minimum atomic E-state index is -0.482. The van der Waals surface area contributed by atoms with Gasteiger partial charge in [-0.15, -0.1) is 0 Å². The highest BCUT2D eigenvalue weighted by molar-refractivity contribution is 8.15. The number of hydrogen-bond acceptors (Lipinski definition) is 7. The van der Waals surface area contributed by atoms with Crippen molar-refractivity contribution in [2.24, 2.45) is 5.10 Å². The summed E-state index contributed by atoms with van der Waals surface area (Å²) in [4.78, 5) is 12.4. The second-order valence-electron chi connectivity index (χ2n) is 5.67. The molecule has 1 atom stereocenters. The van der Waals surface area contributed by atoms with Gasteiger partial charge in [-0.1, -0.05) is 48.2 Å². The molecule has 0 saturated carbocycles. The highest BCUT2D eigenvalue weighted by Gasteiger charge is 2.23. The quantitative estimate of drug-likeness (QED) is 0.627. The number of carbonyl (C=O) groups is 1. The predicted molar refractivity (Wildman–Crippen MR) is 102 cm³/mol. The monoisotopic (exact) mass is 378 g/mol. The summed E-state index contributed by atoms with van der Waals surface area (Å²) in [5, 5.41) is 17.1. The fourth-order valence-electron chi connectivity index (χ4n) is 2.57. The molecule has 0 radical (unpaired) electrons. The number of ether oxygens (including phenoxy) is 2. The number of thioether (sulfide) groups is 1. The van der Waals surface area contributed by atoms with Crippen LogP contribution in [0.1, 0.15) is 11.1 Å². The second-order valence-corrected chi connectivity index (χ2v) is 6.76. The van der Waals surface area contributed by atoms with Crippen LogP contribution in [-0.2, 0) is 4.79 Å². The molecule has 0 aliphatic carbocycles. The van der Waals surface area contributed by atoms with E-state index in [1.54, 1.807) is 18.2 Å². The Hall–Kier alpha value is -3.44. The topological polar surface area (TPSA) is 95.7 Å². The first-order valence-corrected chi connectivity index (χ1v) is 8.98. The number of hydrogen-bond donors (Lipinski definition) is 2. The van der Waals surface area contributed by atoms with Crippen molar-refractivity contribution in [3.8, 4) is 17.6 Å². The molecule has 2 aliphatic rings. The molecule has 4 rings (SSSR count). The van der Waals surface area contributed by atoms with Crippen LogP contribution in [-0.4, -0.2) is 23.2 Å². The molecule has 0 aromatic heterocycles. The molecule has 2 aliphatic heterocycles. The van der Waals surface area contributed by atoms with Gasteiger partial charge in [0.15, 0.2) is 17.0 Å². The molecule has 2 aromatic rings. The summed E-state index contributed by atoms with van der Waals surface area (Å²) in [6, 6.07) is 16.8. The predicted octanol–water partition coefficient (Wildman–Crippen LogP) is 2.42. The van der Waals surface area contributed by atoms with E-state index in [1.807, 2.05) is 36.4 Å². The second kappa shape index (κ2) is 7.43. The zero-order chi connectivity index (χ0) is 18.6. The number of hydrazone groups is 1. The fraction of sp³-hybridized carbons (Fsp3) is 0.105. The summed E-state index contributed by atoms with van der Waals surface area (Å²) < 4.78 is 10.6. The van der Waals surface area contributed by atoms with Crippen LogP contribution >= 0.6 is 11.8 Å². The van der Waals surface area contributed by atoms with Gasteiger partial charge in [-0.3, -0.25) is 10.2 Å². The molecule has 27 heavy (non-hydrogen) atoms. The van der Waals surface area contributed by atoms with Gasteiger partial charge in [-0.25, -0.2) is 0 Å². The lowest BCUT2D eigenvalue weighted by atomic mass is 10.1. The van der Waals surface area contributed by atoms with Crippen LogP contribution in [0.15, 0.2) is 59.2 Å². The number of fused-ring (bicyclic) bond motifs is 1. The number of nitrogens with one attached hydrogen (secondary N) is 2. The van der Waals surface area contributed by atoms with E-state index in [-0.39, 0.29) is 12.4 Å². The number of nitriles is 1. The van der Waals surface area contributed by atoms with Gasteiger partial charge in [0.1, 0.15) is 16.7 Å². The SMILES string of the molecule is N#C/C(=C\c1ccc2c(c1)OCO2)C(=O)NC1NN=C(c2ccccc2)S1. The highest BCUT2D eigenvalue weighted by Crippen LogP contribution is 2.33. The van der Waals surface area contributed by atoms with E-state index in [1.165, 1.54) is 17.8 Å². The molecule has 8 heteroatoms. The molecule has 0 fully saturated rings. The maximum atomic E-state index is 12.4. The fourth-order valence-corrected chi connectivity index (χ4v) is 3.44. The minimum Gasteiger partial charge on any atom is -0.454 e. The Morgan fingerprint density at radius 3 is 2.89 bits per heavy atom. The van der Waals surface area contributed by atoms with Crippen LogP contribution in [0, 0.1) is 11.3 Å². The van der Waals surface area contributed by atoms with Crippen molar-refractivity contribution in [1.82, 2.24) is 10.7 Å². The van der Waals surface area contributed by atoms with E-state index in [4.69, 9.17) is 9.47 Å². The van der Waals surface area contributed by atoms with Gasteiger partial charge in [0.05, 0.1) is 0 Å². The van der Waals surface area contributed by atoms with Crippen LogP contribution < -0.4 is 20.2 Å². The Balaban J connectivity index is 1.42. The van der Waals surface area contributed by atoms with Crippen LogP contribution in [0.3, 0.4) is 0 Å². The summed E-state index contributed by atoms with van der Waals surface area (Å²) in [6.07, 6.45) is 1.51. The van der Waals surface area contributed by atoms with Gasteiger partial charge in [-0.2, -0.15) is 10.4 Å². The third-order valence-electron chi connectivity index (χ3n) is 3.87. The number of nitrogens with zero attached hydrogens (tertiary/aromatic N) is 2. The molecule has 1 unspecified atom stereocenters. The van der Waals surface area contributed by atoms with Gasteiger partial charge in [0.25, 0.3) is 5.91 Å². The van der Waals surface area contributed by atoms with Crippen molar-refractivity contribution in [1.29, 1.82) is 5.26 Å². The molecule has 7 nitrogen and oxygen atoms in total. The lowest BCUT2D eigenvalue weighted by Gasteiger charge is -2.11. The largest absolute Gasteiger partial charge is 0.454 e. The van der Waals surface area contributed by atoms with Crippen molar-refractivity contribution in [3.63, 3.8) is 0 Å². The molecule has 0 saturated heterocycles. The van der Waals surface area contributed by atoms with Crippen molar-refractivity contribution in [2.45, 2.75) is 5.50 Å². The smallest absolute Gasteiger partial charge is 0.264 e. The molecule has 2 aromatic carbocycles. The molecule has 1 amide bonds. The lowest BCUT2D eigenvalue weighted by molar-refractivity contribution is -0.117. The normalized spacial score (nSPS) is 17.7. The maximum Gasteiger partial charge on any atom is 0.264 e. The molecule has 0 bridgehead atoms. The van der Waals surface area contributed by atoms with E-state index in [0.717, 1.165) is 10.6 Å². The Morgan fingerprint density at radius 1 is 1.26 bits per heavy atom. The van der Waals surface area contributed by atoms with E-state index < -0.39 is 11.4 Å². The Kier molecular flexibility index (Phi) is 4.68. The zero-order valence-electron chi connectivity index (χ0n) is 14.0. The van der Waals surface area contributed by atoms with Gasteiger partial charge in [-0.05, 0) is 23.8 Å². The van der Waals surface area contributed by atoms with Gasteiger partial charge in [0, 0.05) is 5.56 Å². The standard InChI is InChI=1S/C19H14N4O3S/c20-10-14(8-12-6-7-15-16(9-12)26-11-25-15)17(24)21-19-23-22-18(27-19)13-4-2-1-3-5-13/h1-9,19,23H,11H2,(H,21,24)/b14-8+. The number of carbonyl (C=O) groups excluding carboxylic acids is 1. The first kappa shape index (κ1) is 17.0. The first-order chi connectivity index (χ1) is 13.2. The summed E-state index contributed by atoms with van der Waals surface area (Å²) in [5.74, 6) is 0.757. The molecule has 2 heterocycles. The Morgan fingerprint density at radius 2 is 2.07 bits per heavy atom. The zero-order valence-corrected chi connectivity index (χ0v) is 14.8. The van der Waals surface area contributed by atoms with Crippen LogP contribution in [0.2, 0.25) is 0 Å². The van der Waals surface area contributed by atoms with Gasteiger partial charge in [0.2, 0.25) is 6.79 Å². The van der Waals surface area contributed by atoms with Gasteiger partial charge < -0.3 is 14.8 Å². The van der Waals surface area contributed by atoms with E-state index in [0.29, 0.717) is 17.1 Å². The molecular formula is C19H14N4O3S. The summed E-state index contributed by atoms with van der Waals surface area (Å²) >= 11 is 1.38. The Bertz CT molecular complexity index is 982. The first-order valence-electron chi connectivity index (χ1n) is 8.10. The van der Waals surface area contributed by atoms with Crippen molar-refractivity contribution in [2.75, 3.05) is 6.79 Å². The van der Waals surface area contributed by atoms with E-state index in [2.05, 4.69) is 15.8 Å². The van der Waals surface area contributed by atoms with Crippen molar-refractivity contribution in [3.05, 3.63) is 65.2 Å². The third-order valence-corrected chi connectivity index (χ3v) is 4.88. The van der Waals surface area contributed by atoms with Crippen molar-refractivity contribution < 1.29 is 14.3 Å². The summed E-state index contributed by atoms with van der Waals surface area (Å²) in [7, 11) is 0. The molecular weight excluding hydrogens is 364 g/mol. The number of benzene rings is 2. The minimum absolute atomic E-state index is 0.00979. The van der Waals surface area contributed by atoms with Crippen molar-refractivity contribution >= 4 is 28.8 Å². The molecule has 0 spiro atoms. The van der Waals surface area contributed by atoms with Crippen LogP contribution in [0.5, 0.6) is 11.5 Å². The summed E-state index contributed by atoms with van der Waals surface area (Å²) in [6.45, 7) is 0.169. The third kappa shape index (κ3) is 3.73. The van der Waals surface area contributed by atoms with Gasteiger partial charge >= 0.3 is 0 Å². The molecule has 2 N–H and O–H groups in total. The molecule has 134 valence electrons. The summed E-state index contributed by atoms with van der Waals surface area (Å²) in [5.41, 5.74) is 4.05. The number of amides is 1. The van der Waals surface area contributed by atoms with E-state index in [9.17, 15) is 10.1 Å². The maximum absolute atomic E-state index is 12.4. The lowest BCUT2D eigenvalue weighted by Crippen LogP contribution is -2.39. The van der Waals surface area contributed by atoms with Crippen LogP contribution in [0.4, 0.5) is 0 Å². The average Bonchev–Trinajstić information content (AvgIpc) is 3.35. The highest BCUT2D eigenvalue weighted by atomic mass is 32.2. The van der Waals surface area contributed by atoms with E-state index >= 15 is 0 Å².